The molecule has 0 radical (unpaired) electrons. The Bertz CT molecular complexity index is 1570. The van der Waals surface area contributed by atoms with Crippen molar-refractivity contribution in [3.8, 4) is 0 Å². The summed E-state index contributed by atoms with van der Waals surface area (Å²) in [6, 6.07) is 28.0. The van der Waals surface area contributed by atoms with Gasteiger partial charge in [-0.2, -0.15) is 0 Å². The fourth-order valence-corrected chi connectivity index (χ4v) is 24.4. The van der Waals surface area contributed by atoms with E-state index in [1.165, 1.54) is 18.2 Å². The van der Waals surface area contributed by atoms with Gasteiger partial charge in [0.1, 0.15) is 0 Å². The van der Waals surface area contributed by atoms with E-state index >= 15 is 26.3 Å². The van der Waals surface area contributed by atoms with E-state index in [1.807, 2.05) is 65.8 Å². The summed E-state index contributed by atoms with van der Waals surface area (Å²) >= 11 is -6.35. The molecular formula is C36H37F6OSb. The molecule has 0 aromatic heterocycles. The second-order valence-electron chi connectivity index (χ2n) is 13.7. The zero-order valence-electron chi connectivity index (χ0n) is 25.6. The topological polar surface area (TPSA) is 9.23 Å². The van der Waals surface area contributed by atoms with E-state index < -0.39 is 41.3 Å². The molecule has 4 aromatic rings. The third-order valence-corrected chi connectivity index (χ3v) is 25.5. The summed E-state index contributed by atoms with van der Waals surface area (Å²) in [5.41, 5.74) is -3.57. The fourth-order valence-electron chi connectivity index (χ4n) is 6.47. The summed E-state index contributed by atoms with van der Waals surface area (Å²) in [7, 11) is 0. The molecule has 1 aliphatic heterocycles. The molecular weight excluding hydrogens is 684 g/mol. The van der Waals surface area contributed by atoms with Crippen LogP contribution in [0.2, 0.25) is 0 Å². The number of benzene rings is 4. The van der Waals surface area contributed by atoms with Crippen molar-refractivity contribution in [2.45, 2.75) is 74.7 Å². The fraction of sp³-hybridized carbons (Fsp3) is 0.333. The number of fused-ring (bicyclic) bond motifs is 1. The number of alkyl halides is 6. The Balaban J connectivity index is 2.02. The molecule has 0 saturated carbocycles. The van der Waals surface area contributed by atoms with Crippen molar-refractivity contribution < 1.29 is 29.4 Å². The average molecular weight is 721 g/mol. The Morgan fingerprint density at radius 1 is 0.545 bits per heavy atom. The van der Waals surface area contributed by atoms with Crippen LogP contribution in [0.5, 0.6) is 0 Å². The predicted octanol–water partition coefficient (Wildman–Crippen LogP) is 8.33. The molecule has 0 saturated heterocycles. The molecule has 1 nitrogen and oxygen atoms in total. The second kappa shape index (κ2) is 10.4. The molecule has 1 heterocycles. The number of hydrogen-bond acceptors (Lipinski definition) is 1. The SMILES string of the molecule is CC(C)(C)c1cc[c]([Sb]2([CH2]c3ccccc3)([c]3ccc(C(C)(C)C)cc3)[O]C(C(F)(F)F)(C(F)(F)F)c3cccc[c]32)cc1. The zero-order valence-corrected chi connectivity index (χ0v) is 28.2. The molecule has 0 N–H and O–H groups in total. The van der Waals surface area contributed by atoms with E-state index in [0.29, 0.717) is 12.6 Å². The average Bonchev–Trinajstić information content (AvgIpc) is 3.23. The molecule has 4 aromatic carbocycles. The van der Waals surface area contributed by atoms with Gasteiger partial charge >= 0.3 is 258 Å². The summed E-state index contributed by atoms with van der Waals surface area (Å²) in [5.74, 6) is 0. The molecule has 0 fully saturated rings. The summed E-state index contributed by atoms with van der Waals surface area (Å²) in [6.45, 7) is 12.0. The van der Waals surface area contributed by atoms with E-state index in [-0.39, 0.29) is 18.7 Å². The van der Waals surface area contributed by atoms with Crippen LogP contribution >= 0.6 is 0 Å². The molecule has 1 aliphatic rings. The summed E-state index contributed by atoms with van der Waals surface area (Å²) in [5, 5.41) is 0. The maximum atomic E-state index is 15.3. The van der Waals surface area contributed by atoms with Crippen LogP contribution in [-0.2, 0) is 23.8 Å². The van der Waals surface area contributed by atoms with Crippen molar-refractivity contribution in [3.63, 3.8) is 0 Å². The number of halogens is 6. The Morgan fingerprint density at radius 3 is 1.36 bits per heavy atom. The predicted molar refractivity (Wildman–Crippen MR) is 166 cm³/mol. The van der Waals surface area contributed by atoms with Crippen molar-refractivity contribution in [2.75, 3.05) is 0 Å². The van der Waals surface area contributed by atoms with Gasteiger partial charge in [-0.1, -0.05) is 0 Å². The molecule has 0 spiro atoms. The minimum absolute atomic E-state index is 0.00539. The summed E-state index contributed by atoms with van der Waals surface area (Å²) in [6.07, 6.45) is -11.6. The molecule has 5 rings (SSSR count). The Kier molecular flexibility index (Phi) is 7.70. The van der Waals surface area contributed by atoms with Gasteiger partial charge in [0.2, 0.25) is 0 Å². The van der Waals surface area contributed by atoms with Crippen molar-refractivity contribution in [3.05, 3.63) is 125 Å². The monoisotopic (exact) mass is 720 g/mol. The van der Waals surface area contributed by atoms with E-state index in [2.05, 4.69) is 0 Å². The summed E-state index contributed by atoms with van der Waals surface area (Å²) < 4.78 is 98.8. The molecule has 0 atom stereocenters. The first-order valence-electron chi connectivity index (χ1n) is 14.5. The molecule has 0 unspecified atom stereocenters. The Morgan fingerprint density at radius 2 is 0.955 bits per heavy atom. The van der Waals surface area contributed by atoms with Crippen molar-refractivity contribution in [1.82, 2.24) is 0 Å². The molecule has 0 amide bonds. The van der Waals surface area contributed by atoms with Crippen LogP contribution in [0, 0.1) is 0 Å². The third kappa shape index (κ3) is 4.81. The van der Waals surface area contributed by atoms with Crippen molar-refractivity contribution in [2.24, 2.45) is 0 Å². The van der Waals surface area contributed by atoms with Gasteiger partial charge in [-0.25, -0.2) is 0 Å². The van der Waals surface area contributed by atoms with Gasteiger partial charge in [-0.05, 0) is 0 Å². The van der Waals surface area contributed by atoms with Gasteiger partial charge in [-0.15, -0.1) is 0 Å². The van der Waals surface area contributed by atoms with Crippen LogP contribution in [0.3, 0.4) is 0 Å². The first kappa shape index (κ1) is 32.6. The van der Waals surface area contributed by atoms with Gasteiger partial charge in [0.15, 0.2) is 0 Å². The van der Waals surface area contributed by atoms with Crippen LogP contribution in [0.15, 0.2) is 103 Å². The minimum atomic E-state index is -6.35. The Hall–Kier alpha value is -2.76. The Labute approximate surface area is 256 Å². The standard InChI is InChI=1S/2C10H13.C9H4F6O.C7H7.Sb/c2*1-10(2,3)9-7-5-4-6-8-9;10-8(11,12)7(16,9(13,14)15)6-4-2-1-3-5-6;1-7-5-3-2-4-6-7;/h2*5-8H,1-3H3;1-4H;2-6H,1H2;/q;;-1;;+1. The maximum absolute atomic E-state index is 15.3. The molecule has 8 heteroatoms. The molecule has 0 aliphatic carbocycles. The molecule has 0 bridgehead atoms. The van der Waals surface area contributed by atoms with Gasteiger partial charge < -0.3 is 0 Å². The van der Waals surface area contributed by atoms with Gasteiger partial charge in [0.25, 0.3) is 0 Å². The van der Waals surface area contributed by atoms with E-state index in [9.17, 15) is 0 Å². The number of rotatable bonds is 4. The van der Waals surface area contributed by atoms with E-state index in [0.717, 1.165) is 17.2 Å². The first-order chi connectivity index (χ1) is 20.3. The van der Waals surface area contributed by atoms with Crippen LogP contribution in [0.25, 0.3) is 0 Å². The van der Waals surface area contributed by atoms with Crippen molar-refractivity contribution >= 4 is 28.3 Å². The van der Waals surface area contributed by atoms with E-state index in [4.69, 9.17) is 3.02 Å². The molecule has 44 heavy (non-hydrogen) atoms. The summed E-state index contributed by atoms with van der Waals surface area (Å²) in [4.78, 5) is 0. The van der Waals surface area contributed by atoms with Gasteiger partial charge in [0, 0.05) is 0 Å². The van der Waals surface area contributed by atoms with Gasteiger partial charge in [-0.3, -0.25) is 0 Å². The third-order valence-electron chi connectivity index (χ3n) is 8.82. The quantitative estimate of drug-likeness (QED) is 0.152. The number of hydrogen-bond donors (Lipinski definition) is 0. The van der Waals surface area contributed by atoms with Crippen LogP contribution in [0.4, 0.5) is 26.3 Å². The first-order valence-corrected chi connectivity index (χ1v) is 21.2. The van der Waals surface area contributed by atoms with Crippen molar-refractivity contribution in [1.29, 1.82) is 0 Å². The van der Waals surface area contributed by atoms with Crippen LogP contribution in [-0.4, -0.2) is 30.2 Å². The second-order valence-corrected chi connectivity index (χ2v) is 26.4. The van der Waals surface area contributed by atoms with Crippen LogP contribution < -0.4 is 10.5 Å². The van der Waals surface area contributed by atoms with Crippen LogP contribution in [0.1, 0.15) is 63.8 Å². The van der Waals surface area contributed by atoms with Gasteiger partial charge in [0.05, 0.1) is 0 Å². The normalized spacial score (nSPS) is 18.7. The zero-order chi connectivity index (χ0) is 32.4. The molecule has 234 valence electrons. The van der Waals surface area contributed by atoms with E-state index in [1.54, 1.807) is 54.6 Å².